The fourth-order valence-electron chi connectivity index (χ4n) is 1.45. The minimum atomic E-state index is -0.556. The summed E-state index contributed by atoms with van der Waals surface area (Å²) < 4.78 is 0. The number of rotatable bonds is 0. The number of nitrogens with one attached hydrogen (secondary N) is 1. The van der Waals surface area contributed by atoms with Crippen LogP contribution in [0.3, 0.4) is 0 Å². The van der Waals surface area contributed by atoms with E-state index in [-0.39, 0.29) is 5.41 Å². The van der Waals surface area contributed by atoms with E-state index < -0.39 is 17.0 Å². The Labute approximate surface area is 113 Å². The third kappa shape index (κ3) is 3.82. The summed E-state index contributed by atoms with van der Waals surface area (Å²) in [5, 5.41) is 1.17. The minimum absolute atomic E-state index is 0.222. The Morgan fingerprint density at radius 3 is 2.44 bits per heavy atom. The van der Waals surface area contributed by atoms with Crippen molar-refractivity contribution in [1.82, 2.24) is 4.98 Å². The van der Waals surface area contributed by atoms with Gasteiger partial charge >= 0.3 is 35.6 Å². The van der Waals surface area contributed by atoms with E-state index in [9.17, 15) is 0 Å². The average molecular weight is 291 g/mol. The van der Waals surface area contributed by atoms with Crippen LogP contribution in [0.4, 0.5) is 0 Å². The molecular weight excluding hydrogens is 277 g/mol. The molecule has 0 aliphatic carbocycles. The van der Waals surface area contributed by atoms with Crippen molar-refractivity contribution in [3.05, 3.63) is 36.0 Å². The van der Waals surface area contributed by atoms with Gasteiger partial charge < -0.3 is 4.98 Å². The second-order valence-corrected chi connectivity index (χ2v) is 7.09. The molecule has 0 atom stereocenters. The van der Waals surface area contributed by atoms with E-state index in [2.05, 4.69) is 50.0 Å². The molecule has 4 heteroatoms. The van der Waals surface area contributed by atoms with E-state index in [0.29, 0.717) is 0 Å². The van der Waals surface area contributed by atoms with Crippen LogP contribution >= 0.6 is 18.6 Å². The molecule has 1 heterocycles. The Kier molecular flexibility index (Phi) is 5.39. The van der Waals surface area contributed by atoms with Gasteiger partial charge in [0.2, 0.25) is 0 Å². The quantitative estimate of drug-likeness (QED) is 0.680. The average Bonchev–Trinajstić information content (AvgIpc) is 2.63. The van der Waals surface area contributed by atoms with Gasteiger partial charge in [0.15, 0.2) is 0 Å². The van der Waals surface area contributed by atoms with E-state index >= 15 is 0 Å². The Morgan fingerprint density at radius 1 is 1.25 bits per heavy atom. The Morgan fingerprint density at radius 2 is 1.88 bits per heavy atom. The molecule has 16 heavy (non-hydrogen) atoms. The summed E-state index contributed by atoms with van der Waals surface area (Å²) in [6.45, 7) is 6.67. The van der Waals surface area contributed by atoms with Crippen molar-refractivity contribution >= 4 is 29.5 Å². The summed E-state index contributed by atoms with van der Waals surface area (Å²) in [6, 6.07) is 9.67. The predicted octanol–water partition coefficient (Wildman–Crippen LogP) is 4.64. The molecule has 2 rings (SSSR count). The maximum atomic E-state index is 4.89. The van der Waals surface area contributed by atoms with Gasteiger partial charge in [-0.1, -0.05) is 26.8 Å². The van der Waals surface area contributed by atoms with Crippen LogP contribution in [0.1, 0.15) is 26.3 Å². The summed E-state index contributed by atoms with van der Waals surface area (Å²) in [5.41, 5.74) is 2.74. The van der Waals surface area contributed by atoms with Crippen LogP contribution in [0.5, 0.6) is 0 Å². The van der Waals surface area contributed by atoms with Crippen molar-refractivity contribution in [3.63, 3.8) is 0 Å². The van der Waals surface area contributed by atoms with Gasteiger partial charge in [0.05, 0.1) is 0 Å². The summed E-state index contributed by atoms with van der Waals surface area (Å²) in [7, 11) is 9.78. The van der Waals surface area contributed by atoms with E-state index in [1.54, 1.807) is 0 Å². The predicted molar refractivity (Wildman–Crippen MR) is 67.5 cm³/mol. The van der Waals surface area contributed by atoms with Crippen LogP contribution in [-0.2, 0) is 22.4 Å². The molecule has 0 aliphatic heterocycles. The van der Waals surface area contributed by atoms with Gasteiger partial charge in [0, 0.05) is 23.2 Å². The third-order valence-electron chi connectivity index (χ3n) is 2.34. The van der Waals surface area contributed by atoms with Crippen molar-refractivity contribution < 1.29 is 17.0 Å². The zero-order chi connectivity index (χ0) is 12.2. The van der Waals surface area contributed by atoms with Crippen LogP contribution in [0.25, 0.3) is 10.9 Å². The molecule has 0 unspecified atom stereocenters. The SMILES string of the molecule is CC(C)(C)c1ccc2[nH]c[c]c2c1.[Cl][Ti][Cl]. The fourth-order valence-corrected chi connectivity index (χ4v) is 1.45. The van der Waals surface area contributed by atoms with Gasteiger partial charge in [0.1, 0.15) is 0 Å². The van der Waals surface area contributed by atoms with Crippen LogP contribution in [0.15, 0.2) is 24.4 Å². The topological polar surface area (TPSA) is 15.8 Å². The van der Waals surface area contributed by atoms with E-state index in [0.717, 1.165) is 5.52 Å². The molecule has 0 aliphatic rings. The Hall–Kier alpha value is 0.0543. The van der Waals surface area contributed by atoms with Gasteiger partial charge in [-0.15, -0.1) is 0 Å². The van der Waals surface area contributed by atoms with Crippen LogP contribution < -0.4 is 0 Å². The van der Waals surface area contributed by atoms with Gasteiger partial charge in [-0.2, -0.15) is 0 Å². The Bertz CT molecular complexity index is 445. The number of fused-ring (bicyclic) bond motifs is 1. The van der Waals surface area contributed by atoms with Crippen LogP contribution in [0.2, 0.25) is 0 Å². The van der Waals surface area contributed by atoms with Crippen molar-refractivity contribution in [3.8, 4) is 0 Å². The van der Waals surface area contributed by atoms with Crippen molar-refractivity contribution in [1.29, 1.82) is 0 Å². The molecule has 1 N–H and O–H groups in total. The summed E-state index contributed by atoms with van der Waals surface area (Å²) >= 11 is -0.556. The molecule has 0 bridgehead atoms. The standard InChI is InChI=1S/C12H14N.2ClH.Ti/c1-12(2,3)10-4-5-11-9(8-10)6-7-13-11;;;/h4-5,7-8,13H,1-3H3;2*1H;/q;;;+2/p-2. The normalized spacial score (nSPS) is 10.8. The molecule has 1 aromatic heterocycles. The first-order valence-corrected chi connectivity index (χ1v) is 9.24. The molecule has 0 spiro atoms. The Balaban J connectivity index is 0.000000386. The molecule has 0 fully saturated rings. The van der Waals surface area contributed by atoms with Crippen molar-refractivity contribution in [2.75, 3.05) is 0 Å². The van der Waals surface area contributed by atoms with Gasteiger partial charge in [0.25, 0.3) is 0 Å². The van der Waals surface area contributed by atoms with Crippen LogP contribution in [-0.4, -0.2) is 4.98 Å². The van der Waals surface area contributed by atoms with Crippen molar-refractivity contribution in [2.45, 2.75) is 26.2 Å². The third-order valence-corrected chi connectivity index (χ3v) is 2.34. The first-order chi connectivity index (χ1) is 7.49. The molecule has 0 saturated carbocycles. The summed E-state index contributed by atoms with van der Waals surface area (Å²) in [6.07, 6.45) is 1.86. The number of hydrogen-bond acceptors (Lipinski definition) is 0. The number of hydrogen-bond donors (Lipinski definition) is 1. The first kappa shape index (κ1) is 14.1. The zero-order valence-electron chi connectivity index (χ0n) is 9.57. The zero-order valence-corrected chi connectivity index (χ0v) is 12.6. The monoisotopic (exact) mass is 290 g/mol. The number of aromatic nitrogens is 1. The van der Waals surface area contributed by atoms with Crippen LogP contribution in [0, 0.1) is 6.07 Å². The molecule has 1 aromatic carbocycles. The van der Waals surface area contributed by atoms with Gasteiger partial charge in [-0.3, -0.25) is 0 Å². The second-order valence-electron chi connectivity index (χ2n) is 4.51. The molecule has 0 amide bonds. The number of halogens is 2. The second kappa shape index (κ2) is 6.11. The number of aromatic amines is 1. The molecule has 1 radical (unpaired) electrons. The summed E-state index contributed by atoms with van der Waals surface area (Å²) in [5.74, 6) is 0. The molecule has 2 aromatic rings. The number of benzene rings is 1. The fraction of sp³-hybridized carbons (Fsp3) is 0.333. The molecular formula is C12H14Cl2NTi. The molecule has 85 valence electrons. The summed E-state index contributed by atoms with van der Waals surface area (Å²) in [4.78, 5) is 3.14. The van der Waals surface area contributed by atoms with Gasteiger partial charge in [-0.05, 0) is 23.1 Å². The molecule has 1 nitrogen and oxygen atoms in total. The van der Waals surface area contributed by atoms with E-state index in [4.69, 9.17) is 18.6 Å². The molecule has 0 saturated heterocycles. The van der Waals surface area contributed by atoms with E-state index in [1.165, 1.54) is 10.9 Å². The first-order valence-electron chi connectivity index (χ1n) is 4.94. The van der Waals surface area contributed by atoms with Gasteiger partial charge in [-0.25, -0.2) is 0 Å². The van der Waals surface area contributed by atoms with E-state index in [1.807, 2.05) is 6.20 Å². The number of H-pyrrole nitrogens is 1. The maximum absolute atomic E-state index is 4.89. The van der Waals surface area contributed by atoms with Crippen molar-refractivity contribution in [2.24, 2.45) is 0 Å².